The number of unbranched alkanes of at least 4 members (excludes halogenated alkanes) is 1. The van der Waals surface area contributed by atoms with Crippen LogP contribution in [0, 0.1) is 0 Å². The predicted molar refractivity (Wildman–Crippen MR) is 96.1 cm³/mol. The van der Waals surface area contributed by atoms with Gasteiger partial charge in [0, 0.05) is 0 Å². The molecule has 0 unspecified atom stereocenters. The Morgan fingerprint density at radius 2 is 2.09 bits per heavy atom. The van der Waals surface area contributed by atoms with Crippen LogP contribution in [0.3, 0.4) is 0 Å². The van der Waals surface area contributed by atoms with Gasteiger partial charge in [0.05, 0.1) is 30.6 Å². The normalized spacial score (nSPS) is 10.7. The lowest BCUT2D eigenvalue weighted by atomic mass is 10.2. The SMILES string of the molecule is CCCCOc1cccc(/C=N/Nc2ccc(OC)c(Cl)c2)c1. The monoisotopic (exact) mass is 332 g/mol. The molecule has 0 heterocycles. The van der Waals surface area contributed by atoms with Crippen LogP contribution >= 0.6 is 11.6 Å². The second-order valence-electron chi connectivity index (χ2n) is 4.99. The summed E-state index contributed by atoms with van der Waals surface area (Å²) in [7, 11) is 1.59. The molecule has 2 rings (SSSR count). The fraction of sp³-hybridized carbons (Fsp3) is 0.278. The van der Waals surface area contributed by atoms with E-state index in [1.165, 1.54) is 0 Å². The number of methoxy groups -OCH3 is 1. The third-order valence-electron chi connectivity index (χ3n) is 3.18. The molecule has 2 aromatic carbocycles. The highest BCUT2D eigenvalue weighted by atomic mass is 35.5. The van der Waals surface area contributed by atoms with Gasteiger partial charge in [0.25, 0.3) is 0 Å². The molecule has 0 atom stereocenters. The van der Waals surface area contributed by atoms with Crippen molar-refractivity contribution in [3.63, 3.8) is 0 Å². The van der Waals surface area contributed by atoms with E-state index in [0.717, 1.165) is 36.4 Å². The quantitative estimate of drug-likeness (QED) is 0.421. The molecule has 0 aromatic heterocycles. The number of rotatable bonds is 8. The van der Waals surface area contributed by atoms with Gasteiger partial charge in [-0.25, -0.2) is 0 Å². The maximum Gasteiger partial charge on any atom is 0.137 e. The summed E-state index contributed by atoms with van der Waals surface area (Å²) in [5.41, 5.74) is 4.70. The second-order valence-corrected chi connectivity index (χ2v) is 5.40. The highest BCUT2D eigenvalue weighted by Gasteiger charge is 2.00. The Hall–Kier alpha value is -2.20. The van der Waals surface area contributed by atoms with E-state index >= 15 is 0 Å². The summed E-state index contributed by atoms with van der Waals surface area (Å²) in [6.45, 7) is 2.88. The summed E-state index contributed by atoms with van der Waals surface area (Å²) in [5.74, 6) is 1.49. The van der Waals surface area contributed by atoms with Crippen LogP contribution in [-0.4, -0.2) is 19.9 Å². The average Bonchev–Trinajstić information content (AvgIpc) is 2.56. The van der Waals surface area contributed by atoms with E-state index in [-0.39, 0.29) is 0 Å². The van der Waals surface area contributed by atoms with Crippen LogP contribution in [-0.2, 0) is 0 Å². The van der Waals surface area contributed by atoms with Gasteiger partial charge in [-0.15, -0.1) is 0 Å². The zero-order valence-electron chi connectivity index (χ0n) is 13.4. The smallest absolute Gasteiger partial charge is 0.137 e. The molecule has 23 heavy (non-hydrogen) atoms. The molecule has 0 radical (unpaired) electrons. The fourth-order valence-electron chi connectivity index (χ4n) is 1.94. The van der Waals surface area contributed by atoms with E-state index < -0.39 is 0 Å². The number of hydrogen-bond donors (Lipinski definition) is 1. The first-order valence-corrected chi connectivity index (χ1v) is 7.96. The topological polar surface area (TPSA) is 42.8 Å². The van der Waals surface area contributed by atoms with Gasteiger partial charge in [-0.2, -0.15) is 5.10 Å². The summed E-state index contributed by atoms with van der Waals surface area (Å²) in [4.78, 5) is 0. The zero-order chi connectivity index (χ0) is 16.5. The molecule has 0 aliphatic carbocycles. The molecule has 1 N–H and O–H groups in total. The Labute approximate surface area is 142 Å². The van der Waals surface area contributed by atoms with Gasteiger partial charge >= 0.3 is 0 Å². The molecule has 2 aromatic rings. The molecule has 0 aliphatic heterocycles. The third kappa shape index (κ3) is 5.49. The average molecular weight is 333 g/mol. The Morgan fingerprint density at radius 3 is 2.83 bits per heavy atom. The number of nitrogens with one attached hydrogen (secondary N) is 1. The third-order valence-corrected chi connectivity index (χ3v) is 3.48. The van der Waals surface area contributed by atoms with E-state index in [1.54, 1.807) is 25.5 Å². The highest BCUT2D eigenvalue weighted by molar-refractivity contribution is 6.32. The van der Waals surface area contributed by atoms with Crippen molar-refractivity contribution in [3.8, 4) is 11.5 Å². The van der Waals surface area contributed by atoms with Crippen molar-refractivity contribution in [1.82, 2.24) is 0 Å². The van der Waals surface area contributed by atoms with Crippen LogP contribution in [0.15, 0.2) is 47.6 Å². The molecule has 0 bridgehead atoms. The van der Waals surface area contributed by atoms with Crippen LogP contribution < -0.4 is 14.9 Å². The Balaban J connectivity index is 1.95. The minimum absolute atomic E-state index is 0.541. The maximum atomic E-state index is 6.07. The van der Waals surface area contributed by atoms with Crippen molar-refractivity contribution in [1.29, 1.82) is 0 Å². The number of ether oxygens (including phenoxy) is 2. The van der Waals surface area contributed by atoms with Gasteiger partial charge in [0.1, 0.15) is 11.5 Å². The van der Waals surface area contributed by atoms with Gasteiger partial charge in [-0.05, 0) is 42.3 Å². The maximum absolute atomic E-state index is 6.07. The number of benzene rings is 2. The molecule has 0 amide bonds. The largest absolute Gasteiger partial charge is 0.495 e. The van der Waals surface area contributed by atoms with E-state index in [2.05, 4.69) is 17.5 Å². The Kier molecular flexibility index (Phi) is 6.76. The molecular weight excluding hydrogens is 312 g/mol. The summed E-state index contributed by atoms with van der Waals surface area (Å²) in [6, 6.07) is 13.2. The molecular formula is C18H21ClN2O2. The van der Waals surface area contributed by atoms with Crippen molar-refractivity contribution in [2.24, 2.45) is 5.10 Å². The van der Waals surface area contributed by atoms with Crippen molar-refractivity contribution < 1.29 is 9.47 Å². The van der Waals surface area contributed by atoms with Crippen LogP contribution in [0.5, 0.6) is 11.5 Å². The van der Waals surface area contributed by atoms with Crippen molar-refractivity contribution >= 4 is 23.5 Å². The van der Waals surface area contributed by atoms with Gasteiger partial charge in [0.2, 0.25) is 0 Å². The van der Waals surface area contributed by atoms with Gasteiger partial charge in [-0.3, -0.25) is 5.43 Å². The van der Waals surface area contributed by atoms with Gasteiger partial charge < -0.3 is 9.47 Å². The van der Waals surface area contributed by atoms with Crippen LogP contribution in [0.2, 0.25) is 5.02 Å². The molecule has 0 spiro atoms. The standard InChI is InChI=1S/C18H21ClN2O2/c1-3-4-10-23-16-7-5-6-14(11-16)13-20-21-15-8-9-18(22-2)17(19)12-15/h5-9,11-13,21H,3-4,10H2,1-2H3/b20-13+. The number of hydrogen-bond acceptors (Lipinski definition) is 4. The van der Waals surface area contributed by atoms with Crippen molar-refractivity contribution in [2.45, 2.75) is 19.8 Å². The summed E-state index contributed by atoms with van der Waals surface area (Å²) >= 11 is 6.07. The van der Waals surface area contributed by atoms with Crippen molar-refractivity contribution in [2.75, 3.05) is 19.1 Å². The Bertz CT molecular complexity index is 659. The summed E-state index contributed by atoms with van der Waals surface area (Å²) < 4.78 is 10.8. The van der Waals surface area contributed by atoms with E-state index in [0.29, 0.717) is 10.8 Å². The van der Waals surface area contributed by atoms with Gasteiger partial charge in [-0.1, -0.05) is 37.1 Å². The van der Waals surface area contributed by atoms with E-state index in [1.807, 2.05) is 30.3 Å². The first kappa shape index (κ1) is 17.2. The lowest BCUT2D eigenvalue weighted by Crippen LogP contribution is -1.97. The number of anilines is 1. The molecule has 0 fully saturated rings. The molecule has 0 saturated carbocycles. The second kappa shape index (κ2) is 9.06. The minimum atomic E-state index is 0.541. The van der Waals surface area contributed by atoms with Crippen molar-refractivity contribution in [3.05, 3.63) is 53.1 Å². The first-order chi connectivity index (χ1) is 11.2. The molecule has 0 aliphatic rings. The van der Waals surface area contributed by atoms with Crippen LogP contribution in [0.25, 0.3) is 0 Å². The lowest BCUT2D eigenvalue weighted by Gasteiger charge is -2.06. The number of nitrogens with zero attached hydrogens (tertiary/aromatic N) is 1. The molecule has 0 saturated heterocycles. The minimum Gasteiger partial charge on any atom is -0.495 e. The highest BCUT2D eigenvalue weighted by Crippen LogP contribution is 2.27. The fourth-order valence-corrected chi connectivity index (χ4v) is 2.19. The predicted octanol–water partition coefficient (Wildman–Crippen LogP) is 4.97. The molecule has 5 heteroatoms. The van der Waals surface area contributed by atoms with E-state index in [9.17, 15) is 0 Å². The van der Waals surface area contributed by atoms with Crippen LogP contribution in [0.1, 0.15) is 25.3 Å². The lowest BCUT2D eigenvalue weighted by molar-refractivity contribution is 0.309. The first-order valence-electron chi connectivity index (χ1n) is 7.58. The van der Waals surface area contributed by atoms with E-state index in [4.69, 9.17) is 21.1 Å². The summed E-state index contributed by atoms with van der Waals surface area (Å²) in [6.07, 6.45) is 3.92. The number of hydrazone groups is 1. The number of halogens is 1. The summed E-state index contributed by atoms with van der Waals surface area (Å²) in [5, 5.41) is 4.76. The zero-order valence-corrected chi connectivity index (χ0v) is 14.1. The molecule has 122 valence electrons. The van der Waals surface area contributed by atoms with Gasteiger partial charge in [0.15, 0.2) is 0 Å². The van der Waals surface area contributed by atoms with Crippen LogP contribution in [0.4, 0.5) is 5.69 Å². The Morgan fingerprint density at radius 1 is 1.22 bits per heavy atom. The molecule has 4 nitrogen and oxygen atoms in total.